The predicted octanol–water partition coefficient (Wildman–Crippen LogP) is 0.603. The van der Waals surface area contributed by atoms with Gasteiger partial charge in [-0.2, -0.15) is 5.10 Å². The van der Waals surface area contributed by atoms with Crippen molar-refractivity contribution in [1.82, 2.24) is 9.78 Å². The zero-order chi connectivity index (χ0) is 18.3. The van der Waals surface area contributed by atoms with Gasteiger partial charge in [0.05, 0.1) is 19.3 Å². The lowest BCUT2D eigenvalue weighted by Gasteiger charge is -2.22. The molecular formula is C17H21BN4O4. The first-order valence-electron chi connectivity index (χ1n) is 8.69. The summed E-state index contributed by atoms with van der Waals surface area (Å²) in [5.41, 5.74) is 9.27. The number of fused-ring (bicyclic) bond motifs is 1. The zero-order valence-corrected chi connectivity index (χ0v) is 14.6. The maximum Gasteiger partial charge on any atom is 0.492 e. The molecule has 8 nitrogen and oxygen atoms in total. The molecule has 2 aliphatic rings. The van der Waals surface area contributed by atoms with Crippen LogP contribution in [0.3, 0.4) is 0 Å². The molecule has 0 unspecified atom stereocenters. The van der Waals surface area contributed by atoms with E-state index >= 15 is 0 Å². The van der Waals surface area contributed by atoms with Gasteiger partial charge in [-0.3, -0.25) is 9.48 Å². The molecule has 1 amide bonds. The van der Waals surface area contributed by atoms with Crippen LogP contribution in [-0.2, 0) is 16.0 Å². The minimum atomic E-state index is -0.884. The van der Waals surface area contributed by atoms with Gasteiger partial charge in [0, 0.05) is 18.5 Å². The van der Waals surface area contributed by atoms with E-state index in [1.54, 1.807) is 10.9 Å². The van der Waals surface area contributed by atoms with Crippen LogP contribution in [-0.4, -0.2) is 41.0 Å². The molecule has 4 N–H and O–H groups in total. The molecule has 2 aliphatic heterocycles. The molecule has 3 heterocycles. The van der Waals surface area contributed by atoms with Crippen LogP contribution in [0.5, 0.6) is 0 Å². The molecule has 26 heavy (non-hydrogen) atoms. The van der Waals surface area contributed by atoms with Crippen LogP contribution >= 0.6 is 0 Å². The van der Waals surface area contributed by atoms with Gasteiger partial charge in [0.15, 0.2) is 5.82 Å². The standard InChI is InChI=1S/C17H21BN4O4/c1-10-5-12(6-11-8-26-18(24)15(10)11)20-17-14(16(19)23)7-22(21-17)13-3-2-4-25-9-13/h5-7,13,24H,2-4,8-9H2,1H3,(H2,19,23)(H,20,21)/t13-/m1/s1. The number of carbonyl (C=O) groups excluding carboxylic acids is 1. The number of amides is 1. The van der Waals surface area contributed by atoms with E-state index in [-0.39, 0.29) is 6.04 Å². The van der Waals surface area contributed by atoms with Crippen molar-refractivity contribution in [1.29, 1.82) is 0 Å². The fraction of sp³-hybridized carbons (Fsp3) is 0.412. The fourth-order valence-corrected chi connectivity index (χ4v) is 3.59. The number of nitrogens with one attached hydrogen (secondary N) is 1. The number of ether oxygens (including phenoxy) is 1. The lowest BCUT2D eigenvalue weighted by Crippen LogP contribution is -2.30. The first-order valence-corrected chi connectivity index (χ1v) is 8.69. The van der Waals surface area contributed by atoms with Gasteiger partial charge in [-0.15, -0.1) is 0 Å². The average Bonchev–Trinajstić information content (AvgIpc) is 3.20. The largest absolute Gasteiger partial charge is 0.492 e. The highest BCUT2D eigenvalue weighted by atomic mass is 16.5. The summed E-state index contributed by atoms with van der Waals surface area (Å²) >= 11 is 0. The number of aryl methyl sites for hydroxylation is 1. The Hall–Kier alpha value is -2.36. The normalized spacial score (nSPS) is 19.5. The monoisotopic (exact) mass is 356 g/mol. The van der Waals surface area contributed by atoms with Crippen molar-refractivity contribution in [2.24, 2.45) is 5.73 Å². The third-order valence-electron chi connectivity index (χ3n) is 4.89. The molecule has 0 radical (unpaired) electrons. The van der Waals surface area contributed by atoms with Gasteiger partial charge in [-0.25, -0.2) is 0 Å². The quantitative estimate of drug-likeness (QED) is 0.692. The Morgan fingerprint density at radius 1 is 1.50 bits per heavy atom. The van der Waals surface area contributed by atoms with Crippen LogP contribution in [0.1, 0.15) is 40.4 Å². The second-order valence-corrected chi connectivity index (χ2v) is 6.76. The van der Waals surface area contributed by atoms with E-state index in [1.165, 1.54) is 0 Å². The zero-order valence-electron chi connectivity index (χ0n) is 14.6. The lowest BCUT2D eigenvalue weighted by atomic mass is 9.76. The van der Waals surface area contributed by atoms with Gasteiger partial charge in [0.1, 0.15) is 5.56 Å². The first-order chi connectivity index (χ1) is 12.5. The molecule has 0 spiro atoms. The van der Waals surface area contributed by atoms with Crippen molar-refractivity contribution >= 4 is 30.0 Å². The van der Waals surface area contributed by atoms with Gasteiger partial charge in [-0.05, 0) is 48.5 Å². The van der Waals surface area contributed by atoms with Crippen LogP contribution in [0.25, 0.3) is 0 Å². The maximum absolute atomic E-state index is 11.8. The number of hydrogen-bond donors (Lipinski definition) is 3. The molecule has 136 valence electrons. The predicted molar refractivity (Wildman–Crippen MR) is 96.7 cm³/mol. The SMILES string of the molecule is Cc1cc(Nc2nn([C@@H]3CCCOC3)cc2C(N)=O)cc2c1B(O)OC2. The number of nitrogens with two attached hydrogens (primary N) is 1. The van der Waals surface area contributed by atoms with Crippen molar-refractivity contribution in [3.05, 3.63) is 35.0 Å². The van der Waals surface area contributed by atoms with Crippen molar-refractivity contribution < 1.29 is 19.2 Å². The molecule has 1 aromatic carbocycles. The smallest absolute Gasteiger partial charge is 0.423 e. The molecule has 0 aliphatic carbocycles. The molecule has 1 saturated heterocycles. The topological polar surface area (TPSA) is 112 Å². The minimum Gasteiger partial charge on any atom is -0.423 e. The number of rotatable bonds is 4. The molecule has 0 saturated carbocycles. The number of anilines is 2. The minimum absolute atomic E-state index is 0.0997. The van der Waals surface area contributed by atoms with E-state index in [1.807, 2.05) is 19.1 Å². The van der Waals surface area contributed by atoms with Crippen molar-refractivity contribution in [3.63, 3.8) is 0 Å². The Kier molecular flexibility index (Phi) is 4.43. The molecule has 1 aromatic heterocycles. The summed E-state index contributed by atoms with van der Waals surface area (Å²) in [7, 11) is -0.884. The number of nitrogens with zero attached hydrogens (tertiary/aromatic N) is 2. The van der Waals surface area contributed by atoms with E-state index in [0.717, 1.165) is 41.7 Å². The number of aromatic nitrogens is 2. The Morgan fingerprint density at radius 2 is 2.35 bits per heavy atom. The molecule has 2 aromatic rings. The average molecular weight is 356 g/mol. The van der Waals surface area contributed by atoms with E-state index in [4.69, 9.17) is 15.1 Å². The van der Waals surface area contributed by atoms with Crippen molar-refractivity contribution in [3.8, 4) is 0 Å². The van der Waals surface area contributed by atoms with E-state index in [9.17, 15) is 9.82 Å². The van der Waals surface area contributed by atoms with Gasteiger partial charge < -0.3 is 25.5 Å². The number of hydrogen-bond acceptors (Lipinski definition) is 6. The van der Waals surface area contributed by atoms with Gasteiger partial charge in [0.25, 0.3) is 5.91 Å². The Labute approximate surface area is 151 Å². The lowest BCUT2D eigenvalue weighted by molar-refractivity contribution is 0.0550. The molecule has 1 fully saturated rings. The summed E-state index contributed by atoms with van der Waals surface area (Å²) in [5.74, 6) is -0.117. The van der Waals surface area contributed by atoms with Crippen LogP contribution in [0, 0.1) is 6.92 Å². The highest BCUT2D eigenvalue weighted by Gasteiger charge is 2.29. The van der Waals surface area contributed by atoms with Gasteiger partial charge in [-0.1, -0.05) is 0 Å². The summed E-state index contributed by atoms with van der Waals surface area (Å²) in [4.78, 5) is 11.8. The Balaban J connectivity index is 1.64. The number of primary amides is 1. The van der Waals surface area contributed by atoms with Crippen LogP contribution in [0.4, 0.5) is 11.5 Å². The van der Waals surface area contributed by atoms with E-state index < -0.39 is 13.0 Å². The second-order valence-electron chi connectivity index (χ2n) is 6.76. The summed E-state index contributed by atoms with van der Waals surface area (Å²) in [6.45, 7) is 3.60. The Morgan fingerprint density at radius 3 is 3.08 bits per heavy atom. The first kappa shape index (κ1) is 17.1. The maximum atomic E-state index is 11.8. The van der Waals surface area contributed by atoms with Gasteiger partial charge >= 0.3 is 7.12 Å². The highest BCUT2D eigenvalue weighted by molar-refractivity contribution is 6.62. The van der Waals surface area contributed by atoms with E-state index in [2.05, 4.69) is 10.4 Å². The summed E-state index contributed by atoms with van der Waals surface area (Å²) in [6, 6.07) is 3.89. The molecule has 4 rings (SSSR count). The van der Waals surface area contributed by atoms with E-state index in [0.29, 0.717) is 24.6 Å². The van der Waals surface area contributed by atoms with Crippen LogP contribution in [0.2, 0.25) is 0 Å². The third-order valence-corrected chi connectivity index (χ3v) is 4.89. The number of benzene rings is 1. The van der Waals surface area contributed by atoms with Crippen LogP contribution in [0.15, 0.2) is 18.3 Å². The fourth-order valence-electron chi connectivity index (χ4n) is 3.59. The third kappa shape index (κ3) is 3.09. The summed E-state index contributed by atoms with van der Waals surface area (Å²) in [6.07, 6.45) is 3.59. The second kappa shape index (κ2) is 6.75. The van der Waals surface area contributed by atoms with Gasteiger partial charge in [0.2, 0.25) is 0 Å². The summed E-state index contributed by atoms with van der Waals surface area (Å²) < 4.78 is 12.5. The number of carbonyl (C=O) groups is 1. The molecular weight excluding hydrogens is 335 g/mol. The van der Waals surface area contributed by atoms with Crippen molar-refractivity contribution in [2.45, 2.75) is 32.4 Å². The molecule has 9 heteroatoms. The summed E-state index contributed by atoms with van der Waals surface area (Å²) in [5, 5.41) is 17.6. The molecule has 0 bridgehead atoms. The van der Waals surface area contributed by atoms with Crippen LogP contribution < -0.4 is 16.5 Å². The van der Waals surface area contributed by atoms with Crippen molar-refractivity contribution in [2.75, 3.05) is 18.5 Å². The highest BCUT2D eigenvalue weighted by Crippen LogP contribution is 2.26. The molecule has 1 atom stereocenters. The Bertz CT molecular complexity index is 848.